The number of aliphatic hydroxyl groups is 1. The fourth-order valence-electron chi connectivity index (χ4n) is 2.63. The van der Waals surface area contributed by atoms with Crippen LogP contribution in [0.4, 0.5) is 4.79 Å². The van der Waals surface area contributed by atoms with Crippen molar-refractivity contribution in [3.63, 3.8) is 0 Å². The normalized spacial score (nSPS) is 17.2. The van der Waals surface area contributed by atoms with Crippen molar-refractivity contribution in [1.29, 1.82) is 0 Å². The lowest BCUT2D eigenvalue weighted by molar-refractivity contribution is 0.0507. The van der Waals surface area contributed by atoms with Gasteiger partial charge in [-0.15, -0.1) is 0 Å². The summed E-state index contributed by atoms with van der Waals surface area (Å²) >= 11 is 6.10. The van der Waals surface area contributed by atoms with Crippen molar-refractivity contribution >= 4 is 17.6 Å². The van der Waals surface area contributed by atoms with Crippen LogP contribution < -0.4 is 10.6 Å². The molecule has 0 unspecified atom stereocenters. The van der Waals surface area contributed by atoms with Gasteiger partial charge in [0.2, 0.25) is 0 Å². The molecule has 116 valence electrons. The Morgan fingerprint density at radius 1 is 1.33 bits per heavy atom. The average molecular weight is 313 g/mol. The van der Waals surface area contributed by atoms with E-state index in [1.165, 1.54) is 0 Å². The van der Waals surface area contributed by atoms with Gasteiger partial charge in [0.15, 0.2) is 0 Å². The van der Waals surface area contributed by atoms with Gasteiger partial charge >= 0.3 is 6.03 Å². The molecule has 1 aromatic carbocycles. The first-order chi connectivity index (χ1) is 10.2. The van der Waals surface area contributed by atoms with E-state index in [9.17, 15) is 4.79 Å². The van der Waals surface area contributed by atoms with E-state index >= 15 is 0 Å². The summed E-state index contributed by atoms with van der Waals surface area (Å²) in [7, 11) is 0. The summed E-state index contributed by atoms with van der Waals surface area (Å²) in [6, 6.07) is 7.52. The molecule has 2 rings (SSSR count). The summed E-state index contributed by atoms with van der Waals surface area (Å²) in [5, 5.41) is 14.9. The fraction of sp³-hybridized carbons (Fsp3) is 0.533. The van der Waals surface area contributed by atoms with Gasteiger partial charge in [0.1, 0.15) is 0 Å². The van der Waals surface area contributed by atoms with E-state index in [0.717, 1.165) is 18.4 Å². The first-order valence-electron chi connectivity index (χ1n) is 7.13. The topological polar surface area (TPSA) is 70.6 Å². The van der Waals surface area contributed by atoms with Gasteiger partial charge in [-0.05, 0) is 30.5 Å². The van der Waals surface area contributed by atoms with Crippen molar-refractivity contribution in [3.05, 3.63) is 34.9 Å². The highest BCUT2D eigenvalue weighted by atomic mass is 35.5. The number of carbonyl (C=O) groups is 1. The van der Waals surface area contributed by atoms with Crippen molar-refractivity contribution in [2.24, 2.45) is 0 Å². The molecule has 5 nitrogen and oxygen atoms in total. The van der Waals surface area contributed by atoms with Crippen LogP contribution >= 0.6 is 11.6 Å². The molecule has 3 N–H and O–H groups in total. The van der Waals surface area contributed by atoms with Crippen molar-refractivity contribution in [1.82, 2.24) is 10.6 Å². The Bertz CT molecular complexity index is 476. The molecule has 1 fully saturated rings. The number of rotatable bonds is 5. The van der Waals surface area contributed by atoms with Crippen LogP contribution in [-0.2, 0) is 10.2 Å². The zero-order valence-electron chi connectivity index (χ0n) is 11.9. The molecule has 6 heteroatoms. The monoisotopic (exact) mass is 312 g/mol. The Balaban J connectivity index is 2.08. The minimum absolute atomic E-state index is 0.0688. The molecule has 2 amide bonds. The van der Waals surface area contributed by atoms with Crippen LogP contribution in [0, 0.1) is 0 Å². The maximum atomic E-state index is 11.7. The van der Waals surface area contributed by atoms with E-state index in [2.05, 4.69) is 10.6 Å². The van der Waals surface area contributed by atoms with Crippen molar-refractivity contribution < 1.29 is 14.6 Å². The minimum Gasteiger partial charge on any atom is -0.395 e. The van der Waals surface area contributed by atoms with Gasteiger partial charge in [0.25, 0.3) is 0 Å². The van der Waals surface area contributed by atoms with Crippen LogP contribution in [0.15, 0.2) is 24.3 Å². The third-order valence-corrected chi connectivity index (χ3v) is 4.11. The van der Waals surface area contributed by atoms with E-state index in [1.807, 2.05) is 24.3 Å². The highest BCUT2D eigenvalue weighted by Crippen LogP contribution is 2.35. The van der Waals surface area contributed by atoms with E-state index in [4.69, 9.17) is 21.4 Å². The lowest BCUT2D eigenvalue weighted by Gasteiger charge is -2.38. The summed E-state index contributed by atoms with van der Waals surface area (Å²) < 4.78 is 5.45. The number of halogens is 1. The number of hydrogen-bond acceptors (Lipinski definition) is 3. The summed E-state index contributed by atoms with van der Waals surface area (Å²) in [6.07, 6.45) is 1.68. The molecule has 0 aromatic heterocycles. The Kier molecular flexibility index (Phi) is 5.85. The number of urea groups is 1. The number of amides is 2. The van der Waals surface area contributed by atoms with E-state index in [0.29, 0.717) is 24.8 Å². The second-order valence-corrected chi connectivity index (χ2v) is 5.67. The maximum absolute atomic E-state index is 11.7. The van der Waals surface area contributed by atoms with E-state index in [1.54, 1.807) is 0 Å². The number of ether oxygens (including phenoxy) is 1. The fourth-order valence-corrected chi connectivity index (χ4v) is 2.82. The van der Waals surface area contributed by atoms with Gasteiger partial charge < -0.3 is 20.5 Å². The molecule has 0 atom stereocenters. The van der Waals surface area contributed by atoms with Gasteiger partial charge in [-0.3, -0.25) is 0 Å². The van der Waals surface area contributed by atoms with Crippen LogP contribution in [0.3, 0.4) is 0 Å². The highest BCUT2D eigenvalue weighted by Gasteiger charge is 2.34. The molecule has 0 aliphatic carbocycles. The average Bonchev–Trinajstić information content (AvgIpc) is 2.52. The maximum Gasteiger partial charge on any atom is 0.314 e. The first kappa shape index (κ1) is 16.1. The van der Waals surface area contributed by atoms with Crippen LogP contribution in [-0.4, -0.2) is 44.0 Å². The first-order valence-corrected chi connectivity index (χ1v) is 7.50. The summed E-state index contributed by atoms with van der Waals surface area (Å²) in [6.45, 7) is 2.05. The zero-order valence-corrected chi connectivity index (χ0v) is 12.7. The van der Waals surface area contributed by atoms with Gasteiger partial charge in [-0.25, -0.2) is 4.79 Å². The molecule has 0 saturated carbocycles. The Morgan fingerprint density at radius 3 is 2.76 bits per heavy atom. The largest absolute Gasteiger partial charge is 0.395 e. The molecule has 1 saturated heterocycles. The van der Waals surface area contributed by atoms with Crippen molar-refractivity contribution in [2.45, 2.75) is 18.3 Å². The molecule has 21 heavy (non-hydrogen) atoms. The number of nitrogens with one attached hydrogen (secondary N) is 2. The zero-order chi connectivity index (χ0) is 15.1. The standard InChI is InChI=1S/C15H21ClN2O3/c16-13-3-1-2-12(10-13)15(4-8-21-9-5-15)11-18-14(20)17-6-7-19/h1-3,10,19H,4-9,11H2,(H2,17,18,20). The SMILES string of the molecule is O=C(NCCO)NCC1(c2cccc(Cl)c2)CCOCC1. The van der Waals surface area contributed by atoms with Gasteiger partial charge in [-0.1, -0.05) is 23.7 Å². The van der Waals surface area contributed by atoms with Crippen LogP contribution in [0.2, 0.25) is 5.02 Å². The van der Waals surface area contributed by atoms with Crippen LogP contribution in [0.1, 0.15) is 18.4 Å². The second kappa shape index (κ2) is 7.64. The third-order valence-electron chi connectivity index (χ3n) is 3.87. The molecule has 0 bridgehead atoms. The molecule has 1 heterocycles. The van der Waals surface area contributed by atoms with Gasteiger partial charge in [0.05, 0.1) is 6.61 Å². The Labute approximate surface area is 129 Å². The number of hydrogen-bond donors (Lipinski definition) is 3. The molecular formula is C15H21ClN2O3. The molecule has 0 spiro atoms. The lowest BCUT2D eigenvalue weighted by Crippen LogP contribution is -2.47. The molecule has 1 aliphatic rings. The van der Waals surface area contributed by atoms with Crippen LogP contribution in [0.25, 0.3) is 0 Å². The van der Waals surface area contributed by atoms with Gasteiger partial charge in [0, 0.05) is 36.7 Å². The predicted molar refractivity (Wildman–Crippen MR) is 81.7 cm³/mol. The predicted octanol–water partition coefficient (Wildman–Crippen LogP) is 1.68. The van der Waals surface area contributed by atoms with E-state index in [-0.39, 0.29) is 24.6 Å². The molecule has 1 aromatic rings. The minimum atomic E-state index is -0.267. The number of benzene rings is 1. The quantitative estimate of drug-likeness (QED) is 0.774. The highest BCUT2D eigenvalue weighted by molar-refractivity contribution is 6.30. The molecule has 0 radical (unpaired) electrons. The third kappa shape index (κ3) is 4.33. The summed E-state index contributed by atoms with van der Waals surface area (Å²) in [5.41, 5.74) is 0.973. The van der Waals surface area contributed by atoms with Crippen LogP contribution in [0.5, 0.6) is 0 Å². The number of aliphatic hydroxyl groups excluding tert-OH is 1. The summed E-state index contributed by atoms with van der Waals surface area (Å²) in [4.78, 5) is 11.7. The van der Waals surface area contributed by atoms with E-state index < -0.39 is 0 Å². The Hall–Kier alpha value is -1.30. The van der Waals surface area contributed by atoms with Gasteiger partial charge in [-0.2, -0.15) is 0 Å². The number of carbonyl (C=O) groups excluding carboxylic acids is 1. The van der Waals surface area contributed by atoms with Crippen molar-refractivity contribution in [2.75, 3.05) is 32.9 Å². The van der Waals surface area contributed by atoms with Crippen molar-refractivity contribution in [3.8, 4) is 0 Å². The molecule has 1 aliphatic heterocycles. The lowest BCUT2D eigenvalue weighted by atomic mass is 9.74. The summed E-state index contributed by atoms with van der Waals surface area (Å²) in [5.74, 6) is 0. The molecular weight excluding hydrogens is 292 g/mol. The second-order valence-electron chi connectivity index (χ2n) is 5.24. The smallest absolute Gasteiger partial charge is 0.314 e. The Morgan fingerprint density at radius 2 is 2.10 bits per heavy atom.